The lowest BCUT2D eigenvalue weighted by Crippen LogP contribution is -2.37. The summed E-state index contributed by atoms with van der Waals surface area (Å²) in [6, 6.07) is 6.98. The largest absolute Gasteiger partial charge is 0.382 e. The Kier molecular flexibility index (Phi) is 3.94. The van der Waals surface area contributed by atoms with E-state index in [1.165, 1.54) is 28.4 Å². The molecule has 3 aromatic rings. The molecule has 1 N–H and O–H groups in total. The summed E-state index contributed by atoms with van der Waals surface area (Å²) in [6.45, 7) is 2.81. The molecule has 0 bridgehead atoms. The van der Waals surface area contributed by atoms with Crippen LogP contribution in [-0.2, 0) is 27.1 Å². The van der Waals surface area contributed by atoms with E-state index in [4.69, 9.17) is 0 Å². The van der Waals surface area contributed by atoms with Gasteiger partial charge in [0.05, 0.1) is 6.33 Å². The molecule has 26 heavy (non-hydrogen) atoms. The highest BCUT2D eigenvalue weighted by molar-refractivity contribution is 5.69. The summed E-state index contributed by atoms with van der Waals surface area (Å²) in [5, 5.41) is 3.59. The number of nitrogens with zero attached hydrogens (tertiary/aromatic N) is 4. The van der Waals surface area contributed by atoms with Crippen molar-refractivity contribution in [1.29, 1.82) is 0 Å². The van der Waals surface area contributed by atoms with Gasteiger partial charge >= 0.3 is 5.69 Å². The molecule has 136 valence electrons. The van der Waals surface area contributed by atoms with Crippen molar-refractivity contribution in [3.8, 4) is 0 Å². The Balaban J connectivity index is 1.48. The van der Waals surface area contributed by atoms with Crippen molar-refractivity contribution in [3.63, 3.8) is 0 Å². The summed E-state index contributed by atoms with van der Waals surface area (Å²) in [5.74, 6) is 0. The van der Waals surface area contributed by atoms with Gasteiger partial charge in [0, 0.05) is 32.4 Å². The average molecular weight is 353 g/mol. The minimum Gasteiger partial charge on any atom is -0.382 e. The van der Waals surface area contributed by atoms with Crippen molar-refractivity contribution in [1.82, 2.24) is 18.7 Å². The molecule has 1 atom stereocenters. The molecule has 3 heterocycles. The molecule has 0 saturated heterocycles. The Bertz CT molecular complexity index is 1110. The van der Waals surface area contributed by atoms with Crippen molar-refractivity contribution in [2.24, 2.45) is 14.1 Å². The zero-order valence-electron chi connectivity index (χ0n) is 15.3. The van der Waals surface area contributed by atoms with Gasteiger partial charge in [-0.25, -0.2) is 9.78 Å². The van der Waals surface area contributed by atoms with Crippen LogP contribution in [-0.4, -0.2) is 24.7 Å². The van der Waals surface area contributed by atoms with Gasteiger partial charge in [-0.05, 0) is 43.4 Å². The maximum absolute atomic E-state index is 12.5. The first kappa shape index (κ1) is 16.6. The smallest absolute Gasteiger partial charge is 0.332 e. The van der Waals surface area contributed by atoms with Gasteiger partial charge in [0.25, 0.3) is 5.56 Å². The van der Waals surface area contributed by atoms with Crippen molar-refractivity contribution in [2.45, 2.75) is 38.8 Å². The lowest BCUT2D eigenvalue weighted by molar-refractivity contribution is 0.568. The topological polar surface area (TPSA) is 73.8 Å². The maximum atomic E-state index is 12.5. The van der Waals surface area contributed by atoms with Crippen LogP contribution in [0.15, 0.2) is 34.1 Å². The standard InChI is InChI=1S/C19H23N5O2/c1-12-6-7-13-10-14(21-15(13)9-12)5-4-8-24-11-20-17-16(24)18(25)23(3)19(26)22(17)2/h6-7,9,11,14,21H,4-5,8,10H2,1-3H3. The number of hydrogen-bond acceptors (Lipinski definition) is 4. The van der Waals surface area contributed by atoms with E-state index in [0.717, 1.165) is 23.8 Å². The Labute approximate surface area is 150 Å². The minimum absolute atomic E-state index is 0.289. The zero-order chi connectivity index (χ0) is 18.4. The summed E-state index contributed by atoms with van der Waals surface area (Å²) in [5.41, 5.74) is 4.18. The van der Waals surface area contributed by atoms with E-state index in [0.29, 0.717) is 23.8 Å². The molecule has 4 rings (SSSR count). The second kappa shape index (κ2) is 6.16. The number of rotatable bonds is 4. The van der Waals surface area contributed by atoms with Crippen molar-refractivity contribution in [3.05, 3.63) is 56.5 Å². The first-order chi connectivity index (χ1) is 12.5. The second-order valence-electron chi connectivity index (χ2n) is 7.16. The third-order valence-electron chi connectivity index (χ3n) is 5.26. The number of aryl methyl sites for hydroxylation is 3. The van der Waals surface area contributed by atoms with Crippen molar-refractivity contribution in [2.75, 3.05) is 5.32 Å². The first-order valence-corrected chi connectivity index (χ1v) is 8.92. The van der Waals surface area contributed by atoms with Crippen molar-refractivity contribution >= 4 is 16.9 Å². The van der Waals surface area contributed by atoms with Gasteiger partial charge < -0.3 is 9.88 Å². The van der Waals surface area contributed by atoms with Gasteiger partial charge in [0.2, 0.25) is 0 Å². The van der Waals surface area contributed by atoms with E-state index >= 15 is 0 Å². The number of fused-ring (bicyclic) bond motifs is 2. The molecule has 1 aliphatic rings. The van der Waals surface area contributed by atoms with E-state index in [9.17, 15) is 9.59 Å². The van der Waals surface area contributed by atoms with Gasteiger partial charge in [-0.3, -0.25) is 13.9 Å². The van der Waals surface area contributed by atoms with Crippen LogP contribution in [0.2, 0.25) is 0 Å². The average Bonchev–Trinajstić information content (AvgIpc) is 3.21. The number of nitrogens with one attached hydrogen (secondary N) is 1. The van der Waals surface area contributed by atoms with E-state index in [-0.39, 0.29) is 11.2 Å². The molecule has 0 spiro atoms. The number of anilines is 1. The van der Waals surface area contributed by atoms with Crippen LogP contribution in [0.3, 0.4) is 0 Å². The highest BCUT2D eigenvalue weighted by Crippen LogP contribution is 2.28. The summed E-state index contributed by atoms with van der Waals surface area (Å²) in [4.78, 5) is 28.7. The van der Waals surface area contributed by atoms with E-state index in [1.807, 2.05) is 4.57 Å². The number of aromatic nitrogens is 4. The molecule has 0 amide bonds. The predicted octanol–water partition coefficient (Wildman–Crippen LogP) is 1.56. The fourth-order valence-corrected chi connectivity index (χ4v) is 3.79. The van der Waals surface area contributed by atoms with E-state index in [1.54, 1.807) is 13.4 Å². The summed E-state index contributed by atoms with van der Waals surface area (Å²) in [6.07, 6.45) is 4.64. The fraction of sp³-hybridized carbons (Fsp3) is 0.421. The Morgan fingerprint density at radius 3 is 2.85 bits per heavy atom. The monoisotopic (exact) mass is 353 g/mol. The third-order valence-corrected chi connectivity index (χ3v) is 5.26. The highest BCUT2D eigenvalue weighted by Gasteiger charge is 2.20. The molecule has 0 saturated carbocycles. The third kappa shape index (κ3) is 2.64. The van der Waals surface area contributed by atoms with Gasteiger partial charge in [0.1, 0.15) is 0 Å². The van der Waals surface area contributed by atoms with Crippen LogP contribution in [0.1, 0.15) is 24.0 Å². The molecular weight excluding hydrogens is 330 g/mol. The summed E-state index contributed by atoms with van der Waals surface area (Å²) < 4.78 is 4.42. The zero-order valence-corrected chi connectivity index (χ0v) is 15.3. The number of hydrogen-bond donors (Lipinski definition) is 1. The van der Waals surface area contributed by atoms with Crippen LogP contribution in [0.4, 0.5) is 5.69 Å². The lowest BCUT2D eigenvalue weighted by Gasteiger charge is -2.12. The number of imidazole rings is 1. The SMILES string of the molecule is Cc1ccc2c(c1)NC(CCCn1cnc3c1c(=O)n(C)c(=O)n3C)C2. The first-order valence-electron chi connectivity index (χ1n) is 8.92. The molecule has 7 nitrogen and oxygen atoms in total. The van der Waals surface area contributed by atoms with Crippen LogP contribution in [0.5, 0.6) is 0 Å². The summed E-state index contributed by atoms with van der Waals surface area (Å²) in [7, 11) is 3.15. The van der Waals surface area contributed by atoms with Gasteiger partial charge in [-0.15, -0.1) is 0 Å². The van der Waals surface area contributed by atoms with Gasteiger partial charge in [0.15, 0.2) is 11.2 Å². The molecule has 0 radical (unpaired) electrons. The lowest BCUT2D eigenvalue weighted by atomic mass is 10.1. The quantitative estimate of drug-likeness (QED) is 0.772. The Hall–Kier alpha value is -2.83. The molecule has 2 aromatic heterocycles. The Morgan fingerprint density at radius 1 is 1.23 bits per heavy atom. The fourth-order valence-electron chi connectivity index (χ4n) is 3.79. The van der Waals surface area contributed by atoms with E-state index in [2.05, 4.69) is 35.4 Å². The molecule has 0 aliphatic carbocycles. The van der Waals surface area contributed by atoms with E-state index < -0.39 is 0 Å². The molecule has 1 unspecified atom stereocenters. The van der Waals surface area contributed by atoms with Crippen LogP contribution in [0, 0.1) is 6.92 Å². The normalized spacial score (nSPS) is 16.0. The molecule has 1 aromatic carbocycles. The van der Waals surface area contributed by atoms with Crippen LogP contribution >= 0.6 is 0 Å². The van der Waals surface area contributed by atoms with Gasteiger partial charge in [-0.1, -0.05) is 12.1 Å². The maximum Gasteiger partial charge on any atom is 0.332 e. The minimum atomic E-state index is -0.351. The highest BCUT2D eigenvalue weighted by atomic mass is 16.2. The predicted molar refractivity (Wildman–Crippen MR) is 102 cm³/mol. The second-order valence-corrected chi connectivity index (χ2v) is 7.16. The van der Waals surface area contributed by atoms with Gasteiger partial charge in [-0.2, -0.15) is 0 Å². The Morgan fingerprint density at radius 2 is 2.04 bits per heavy atom. The molecule has 7 heteroatoms. The van der Waals surface area contributed by atoms with Crippen molar-refractivity contribution < 1.29 is 0 Å². The van der Waals surface area contributed by atoms with Crippen LogP contribution in [0.25, 0.3) is 11.2 Å². The van der Waals surface area contributed by atoms with Crippen LogP contribution < -0.4 is 16.6 Å². The molecule has 1 aliphatic heterocycles. The molecule has 0 fully saturated rings. The summed E-state index contributed by atoms with van der Waals surface area (Å²) >= 11 is 0. The molecular formula is C19H23N5O2. The number of benzene rings is 1.